The van der Waals surface area contributed by atoms with Crippen LogP contribution in [0.1, 0.15) is 30.1 Å². The Bertz CT molecular complexity index is 546. The molecule has 1 fully saturated rings. The molecule has 1 amide bonds. The number of carboxylic acids is 1. The molecule has 1 aliphatic rings. The average Bonchev–Trinajstić information content (AvgIpc) is 2.41. The summed E-state index contributed by atoms with van der Waals surface area (Å²) in [5, 5.41) is 28.2. The number of phenols is 2. The molecule has 0 aromatic heterocycles. The standard InChI is InChI=1S/C14H17NO5/c1-14(13(19)20)4-6-15(7-5-14)12(18)10-8-9(16)2-3-11(10)17/h2-3,8,16-17H,4-7H2,1H3,(H,19,20). The largest absolute Gasteiger partial charge is 0.508 e. The second-order valence-corrected chi connectivity index (χ2v) is 5.36. The number of aliphatic carboxylic acids is 1. The van der Waals surface area contributed by atoms with Crippen LogP contribution >= 0.6 is 0 Å². The van der Waals surface area contributed by atoms with Crippen LogP contribution in [0.15, 0.2) is 18.2 Å². The molecule has 0 aliphatic carbocycles. The average molecular weight is 279 g/mol. The minimum atomic E-state index is -0.857. The predicted molar refractivity (Wildman–Crippen MR) is 70.7 cm³/mol. The number of aromatic hydroxyl groups is 2. The monoisotopic (exact) mass is 279 g/mol. The molecule has 1 heterocycles. The molecular weight excluding hydrogens is 262 g/mol. The minimum Gasteiger partial charge on any atom is -0.508 e. The summed E-state index contributed by atoms with van der Waals surface area (Å²) < 4.78 is 0. The number of likely N-dealkylation sites (tertiary alicyclic amines) is 1. The fourth-order valence-corrected chi connectivity index (χ4v) is 2.28. The van der Waals surface area contributed by atoms with Gasteiger partial charge in [0.1, 0.15) is 11.5 Å². The maximum atomic E-state index is 12.3. The van der Waals surface area contributed by atoms with Crippen molar-refractivity contribution in [2.24, 2.45) is 5.41 Å². The number of hydrogen-bond donors (Lipinski definition) is 3. The lowest BCUT2D eigenvalue weighted by Crippen LogP contribution is -2.45. The number of piperidine rings is 1. The number of carbonyl (C=O) groups excluding carboxylic acids is 1. The summed E-state index contributed by atoms with van der Waals surface area (Å²) >= 11 is 0. The minimum absolute atomic E-state index is 0.0314. The molecule has 0 bridgehead atoms. The fourth-order valence-electron chi connectivity index (χ4n) is 2.28. The zero-order valence-corrected chi connectivity index (χ0v) is 11.2. The van der Waals surface area contributed by atoms with Crippen LogP contribution in [-0.4, -0.2) is 45.2 Å². The first kappa shape index (κ1) is 14.2. The van der Waals surface area contributed by atoms with E-state index in [4.69, 9.17) is 5.11 Å². The van der Waals surface area contributed by atoms with E-state index in [1.54, 1.807) is 6.92 Å². The number of nitrogens with zero attached hydrogens (tertiary/aromatic N) is 1. The Morgan fingerprint density at radius 3 is 2.35 bits per heavy atom. The van der Waals surface area contributed by atoms with Crippen LogP contribution in [-0.2, 0) is 4.79 Å². The van der Waals surface area contributed by atoms with E-state index in [0.717, 1.165) is 0 Å². The lowest BCUT2D eigenvalue weighted by Gasteiger charge is -2.36. The van der Waals surface area contributed by atoms with Crippen LogP contribution in [0, 0.1) is 5.41 Å². The van der Waals surface area contributed by atoms with Gasteiger partial charge in [0.2, 0.25) is 0 Å². The van der Waals surface area contributed by atoms with Gasteiger partial charge >= 0.3 is 5.97 Å². The molecule has 1 aliphatic heterocycles. The normalized spacial score (nSPS) is 17.8. The predicted octanol–water partition coefficient (Wildman–Crippen LogP) is 1.42. The second-order valence-electron chi connectivity index (χ2n) is 5.36. The van der Waals surface area contributed by atoms with E-state index in [2.05, 4.69) is 0 Å². The van der Waals surface area contributed by atoms with E-state index in [1.807, 2.05) is 0 Å². The summed E-state index contributed by atoms with van der Waals surface area (Å²) in [6.07, 6.45) is 0.737. The van der Waals surface area contributed by atoms with Crippen LogP contribution in [0.2, 0.25) is 0 Å². The maximum absolute atomic E-state index is 12.3. The van der Waals surface area contributed by atoms with Gasteiger partial charge in [0.15, 0.2) is 0 Å². The van der Waals surface area contributed by atoms with Gasteiger partial charge < -0.3 is 20.2 Å². The van der Waals surface area contributed by atoms with Crippen LogP contribution in [0.5, 0.6) is 11.5 Å². The summed E-state index contributed by atoms with van der Waals surface area (Å²) in [4.78, 5) is 24.9. The first-order chi connectivity index (χ1) is 9.33. The quantitative estimate of drug-likeness (QED) is 0.711. The SMILES string of the molecule is CC1(C(=O)O)CCN(C(=O)c2cc(O)ccc2O)CC1. The molecule has 1 aromatic carbocycles. The summed E-state index contributed by atoms with van der Waals surface area (Å²) in [7, 11) is 0. The third-order valence-corrected chi connectivity index (χ3v) is 3.88. The number of rotatable bonds is 2. The Hall–Kier alpha value is -2.24. The second kappa shape index (κ2) is 5.03. The van der Waals surface area contributed by atoms with E-state index in [9.17, 15) is 19.8 Å². The van der Waals surface area contributed by atoms with Gasteiger partial charge in [-0.2, -0.15) is 0 Å². The Morgan fingerprint density at radius 2 is 1.80 bits per heavy atom. The molecule has 0 radical (unpaired) electrons. The van der Waals surface area contributed by atoms with Gasteiger partial charge in [0, 0.05) is 13.1 Å². The zero-order valence-electron chi connectivity index (χ0n) is 11.2. The van der Waals surface area contributed by atoms with E-state index in [-0.39, 0.29) is 17.1 Å². The van der Waals surface area contributed by atoms with Crippen LogP contribution in [0.4, 0.5) is 0 Å². The molecule has 0 saturated carbocycles. The number of amides is 1. The van der Waals surface area contributed by atoms with Gasteiger partial charge in [-0.25, -0.2) is 0 Å². The highest BCUT2D eigenvalue weighted by Crippen LogP contribution is 2.32. The Kier molecular flexibility index (Phi) is 3.57. The number of carbonyl (C=O) groups is 2. The lowest BCUT2D eigenvalue weighted by molar-refractivity contribution is -0.150. The van der Waals surface area contributed by atoms with Crippen molar-refractivity contribution in [3.8, 4) is 11.5 Å². The highest BCUT2D eigenvalue weighted by molar-refractivity contribution is 5.97. The van der Waals surface area contributed by atoms with Crippen molar-refractivity contribution in [2.45, 2.75) is 19.8 Å². The van der Waals surface area contributed by atoms with Gasteiger partial charge in [0.25, 0.3) is 5.91 Å². The molecule has 0 unspecified atom stereocenters. The molecule has 3 N–H and O–H groups in total. The van der Waals surface area contributed by atoms with Gasteiger partial charge in [0.05, 0.1) is 11.0 Å². The van der Waals surface area contributed by atoms with E-state index >= 15 is 0 Å². The molecule has 20 heavy (non-hydrogen) atoms. The van der Waals surface area contributed by atoms with Crippen molar-refractivity contribution in [3.63, 3.8) is 0 Å². The molecule has 6 heteroatoms. The summed E-state index contributed by atoms with van der Waals surface area (Å²) in [5.74, 6) is -1.55. The lowest BCUT2D eigenvalue weighted by atomic mass is 9.80. The van der Waals surface area contributed by atoms with Crippen LogP contribution < -0.4 is 0 Å². The van der Waals surface area contributed by atoms with Gasteiger partial charge in [-0.1, -0.05) is 0 Å². The van der Waals surface area contributed by atoms with Crippen LogP contribution in [0.25, 0.3) is 0 Å². The van der Waals surface area contributed by atoms with Crippen molar-refractivity contribution in [3.05, 3.63) is 23.8 Å². The first-order valence-corrected chi connectivity index (χ1v) is 6.38. The molecule has 108 valence electrons. The molecule has 6 nitrogen and oxygen atoms in total. The van der Waals surface area contributed by atoms with Gasteiger partial charge in [-0.3, -0.25) is 9.59 Å². The van der Waals surface area contributed by atoms with Crippen molar-refractivity contribution < 1.29 is 24.9 Å². The summed E-state index contributed by atoms with van der Waals surface area (Å²) in [6, 6.07) is 3.76. The highest BCUT2D eigenvalue weighted by atomic mass is 16.4. The zero-order chi connectivity index (χ0) is 14.9. The molecule has 1 saturated heterocycles. The highest BCUT2D eigenvalue weighted by Gasteiger charge is 2.38. The van der Waals surface area contributed by atoms with E-state index < -0.39 is 17.3 Å². The van der Waals surface area contributed by atoms with Crippen molar-refractivity contribution in [2.75, 3.05) is 13.1 Å². The molecule has 0 spiro atoms. The van der Waals surface area contributed by atoms with Crippen molar-refractivity contribution >= 4 is 11.9 Å². The Labute approximate surface area is 116 Å². The van der Waals surface area contributed by atoms with Crippen molar-refractivity contribution in [1.29, 1.82) is 0 Å². The van der Waals surface area contributed by atoms with Crippen molar-refractivity contribution in [1.82, 2.24) is 4.90 Å². The number of carboxylic acid groups (broad SMARTS) is 1. The third kappa shape index (κ3) is 2.54. The van der Waals surface area contributed by atoms with E-state index in [0.29, 0.717) is 25.9 Å². The number of phenolic OH excluding ortho intramolecular Hbond substituents is 2. The Morgan fingerprint density at radius 1 is 1.20 bits per heavy atom. The first-order valence-electron chi connectivity index (χ1n) is 6.38. The van der Waals surface area contributed by atoms with Gasteiger partial charge in [-0.15, -0.1) is 0 Å². The van der Waals surface area contributed by atoms with Crippen LogP contribution in [0.3, 0.4) is 0 Å². The summed E-state index contributed by atoms with van der Waals surface area (Å²) in [6.45, 7) is 2.30. The van der Waals surface area contributed by atoms with Gasteiger partial charge in [-0.05, 0) is 38.0 Å². The molecule has 1 aromatic rings. The number of hydrogen-bond acceptors (Lipinski definition) is 4. The maximum Gasteiger partial charge on any atom is 0.309 e. The smallest absolute Gasteiger partial charge is 0.309 e. The molecular formula is C14H17NO5. The number of benzene rings is 1. The fraction of sp³-hybridized carbons (Fsp3) is 0.429. The Balaban J connectivity index is 2.13. The summed E-state index contributed by atoms with van der Waals surface area (Å²) in [5.41, 5.74) is -0.776. The third-order valence-electron chi connectivity index (χ3n) is 3.88. The topological polar surface area (TPSA) is 98.1 Å². The molecule has 2 rings (SSSR count). The van der Waals surface area contributed by atoms with E-state index in [1.165, 1.54) is 23.1 Å². The molecule has 0 atom stereocenters.